The Balaban J connectivity index is 1.82. The van der Waals surface area contributed by atoms with E-state index in [1.165, 1.54) is 18.1 Å². The van der Waals surface area contributed by atoms with E-state index in [0.29, 0.717) is 30.2 Å². The number of nitrogens with zero attached hydrogens (tertiary/aromatic N) is 2. The second-order valence-electron chi connectivity index (χ2n) is 11.2. The van der Waals surface area contributed by atoms with E-state index in [0.717, 1.165) is 12.8 Å². The lowest BCUT2D eigenvalue weighted by Gasteiger charge is -2.36. The van der Waals surface area contributed by atoms with Gasteiger partial charge in [0.1, 0.15) is 17.9 Å². The number of carboxylic acids is 1. The number of carbonyl (C=O) groups excluding carboxylic acids is 1. The minimum atomic E-state index is -3.00. The molecule has 0 saturated carbocycles. The van der Waals surface area contributed by atoms with Gasteiger partial charge in [-0.15, -0.1) is 0 Å². The van der Waals surface area contributed by atoms with E-state index in [9.17, 15) is 23.5 Å². The lowest BCUT2D eigenvalue weighted by molar-refractivity contribution is -0.159. The van der Waals surface area contributed by atoms with Gasteiger partial charge in [0.05, 0.1) is 18.8 Å². The molecule has 2 aliphatic heterocycles. The molecular formula is C29H37F2N3O6. The summed E-state index contributed by atoms with van der Waals surface area (Å²) in [6.45, 7) is 3.31. The number of halogens is 2. The number of carbonyl (C=O) groups is 2. The SMILES string of the molecule is COc1cccc(C2C(NCc3ccccc3OC(F)F)C(C(C)(C)C)C(C(=O)O)N2C(=O)C2CCCCO2)n1. The molecule has 5 unspecified atom stereocenters. The fourth-order valence-electron chi connectivity index (χ4n) is 5.94. The fourth-order valence-corrected chi connectivity index (χ4v) is 5.94. The molecule has 1 aromatic heterocycles. The maximum absolute atomic E-state index is 14.1. The molecule has 11 heteroatoms. The van der Waals surface area contributed by atoms with Gasteiger partial charge in [-0.25, -0.2) is 9.78 Å². The summed E-state index contributed by atoms with van der Waals surface area (Å²) in [5, 5.41) is 14.0. The van der Waals surface area contributed by atoms with Gasteiger partial charge in [0, 0.05) is 36.7 Å². The number of pyridine rings is 1. The number of nitrogens with one attached hydrogen (secondary N) is 1. The lowest BCUT2D eigenvalue weighted by Crippen LogP contribution is -2.51. The summed E-state index contributed by atoms with van der Waals surface area (Å²) in [6, 6.07) is 8.96. The molecule has 2 fully saturated rings. The highest BCUT2D eigenvalue weighted by Crippen LogP contribution is 2.48. The number of amides is 1. The third-order valence-electron chi connectivity index (χ3n) is 7.60. The summed E-state index contributed by atoms with van der Waals surface area (Å²) >= 11 is 0. The molecule has 0 radical (unpaired) electrons. The van der Waals surface area contributed by atoms with Crippen LogP contribution in [0.25, 0.3) is 0 Å². The summed E-state index contributed by atoms with van der Waals surface area (Å²) in [7, 11) is 1.48. The number of likely N-dealkylation sites (tertiary alicyclic amines) is 1. The van der Waals surface area contributed by atoms with E-state index in [-0.39, 0.29) is 12.3 Å². The Hall–Kier alpha value is -3.31. The van der Waals surface area contributed by atoms with Gasteiger partial charge in [-0.3, -0.25) is 4.79 Å². The first kappa shape index (κ1) is 29.7. The molecule has 2 N–H and O–H groups in total. The van der Waals surface area contributed by atoms with Crippen LogP contribution < -0.4 is 14.8 Å². The second-order valence-corrected chi connectivity index (χ2v) is 11.2. The standard InChI is InChI=1S/C29H37F2N3O6/c1-29(2,3)22-23(32-16-17-10-5-6-12-19(17)40-28(30)31)24(18-11-9-14-21(33-18)38-4)34(25(22)27(36)37)26(35)20-13-7-8-15-39-20/h5-6,9-12,14,20,22-25,28,32H,7-8,13,15-16H2,1-4H3,(H,36,37). The summed E-state index contributed by atoms with van der Waals surface area (Å²) in [4.78, 5) is 33.0. The predicted octanol–water partition coefficient (Wildman–Crippen LogP) is 4.42. The lowest BCUT2D eigenvalue weighted by atomic mass is 9.72. The summed E-state index contributed by atoms with van der Waals surface area (Å²) < 4.78 is 42.1. The van der Waals surface area contributed by atoms with Crippen molar-refractivity contribution < 1.29 is 37.7 Å². The van der Waals surface area contributed by atoms with Crippen LogP contribution in [0.15, 0.2) is 42.5 Å². The van der Waals surface area contributed by atoms with E-state index < -0.39 is 54.1 Å². The molecule has 40 heavy (non-hydrogen) atoms. The monoisotopic (exact) mass is 561 g/mol. The number of hydrogen-bond donors (Lipinski definition) is 2. The highest BCUT2D eigenvalue weighted by atomic mass is 19.3. The van der Waals surface area contributed by atoms with Crippen LogP contribution in [0.4, 0.5) is 8.78 Å². The molecule has 0 aliphatic carbocycles. The van der Waals surface area contributed by atoms with Crippen molar-refractivity contribution in [2.24, 2.45) is 11.3 Å². The first-order valence-electron chi connectivity index (χ1n) is 13.5. The van der Waals surface area contributed by atoms with Gasteiger partial charge in [-0.2, -0.15) is 8.78 Å². The third kappa shape index (κ3) is 6.36. The first-order chi connectivity index (χ1) is 19.0. The number of aromatic nitrogens is 1. The number of aliphatic carboxylic acids is 1. The van der Waals surface area contributed by atoms with Crippen LogP contribution in [0.5, 0.6) is 11.6 Å². The van der Waals surface area contributed by atoms with Crippen molar-refractivity contribution in [1.29, 1.82) is 0 Å². The van der Waals surface area contributed by atoms with Crippen LogP contribution in [-0.2, 0) is 20.9 Å². The van der Waals surface area contributed by atoms with Gasteiger partial charge in [0.25, 0.3) is 5.91 Å². The average Bonchev–Trinajstić information content (AvgIpc) is 3.28. The van der Waals surface area contributed by atoms with Gasteiger partial charge in [-0.05, 0) is 36.8 Å². The number of rotatable bonds is 9. The highest BCUT2D eigenvalue weighted by Gasteiger charge is 2.59. The summed E-state index contributed by atoms with van der Waals surface area (Å²) in [5.74, 6) is -1.79. The predicted molar refractivity (Wildman–Crippen MR) is 142 cm³/mol. The molecule has 0 spiro atoms. The van der Waals surface area contributed by atoms with Crippen LogP contribution in [0.3, 0.4) is 0 Å². The van der Waals surface area contributed by atoms with Crippen molar-refractivity contribution in [3.8, 4) is 11.6 Å². The third-order valence-corrected chi connectivity index (χ3v) is 7.60. The molecule has 4 rings (SSSR count). The summed E-state index contributed by atoms with van der Waals surface area (Å²) in [5.41, 5.74) is 0.343. The van der Waals surface area contributed by atoms with Gasteiger partial charge in [0.15, 0.2) is 0 Å². The van der Waals surface area contributed by atoms with Crippen LogP contribution in [0.1, 0.15) is 57.3 Å². The second kappa shape index (κ2) is 12.5. The van der Waals surface area contributed by atoms with Crippen LogP contribution in [-0.4, -0.2) is 65.4 Å². The Morgan fingerprint density at radius 2 is 1.93 bits per heavy atom. The maximum atomic E-state index is 14.1. The molecule has 2 saturated heterocycles. The number of hydrogen-bond acceptors (Lipinski definition) is 7. The topological polar surface area (TPSA) is 110 Å². The van der Waals surface area contributed by atoms with Crippen LogP contribution in [0.2, 0.25) is 0 Å². The highest BCUT2D eigenvalue weighted by molar-refractivity contribution is 5.88. The van der Waals surface area contributed by atoms with Gasteiger partial charge < -0.3 is 29.5 Å². The molecule has 9 nitrogen and oxygen atoms in total. The Kier molecular flexibility index (Phi) is 9.25. The number of benzene rings is 1. The quantitative estimate of drug-likeness (QED) is 0.463. The Labute approximate surface area is 232 Å². The minimum Gasteiger partial charge on any atom is -0.481 e. The Morgan fingerprint density at radius 1 is 1.18 bits per heavy atom. The zero-order valence-corrected chi connectivity index (χ0v) is 23.2. The number of alkyl halides is 2. The number of carboxylic acid groups (broad SMARTS) is 1. The van der Waals surface area contributed by atoms with Crippen molar-refractivity contribution >= 4 is 11.9 Å². The number of para-hydroxylation sites is 1. The van der Waals surface area contributed by atoms with Crippen molar-refractivity contribution in [3.63, 3.8) is 0 Å². The van der Waals surface area contributed by atoms with E-state index in [1.807, 2.05) is 20.8 Å². The fraction of sp³-hybridized carbons (Fsp3) is 0.552. The molecule has 218 valence electrons. The van der Waals surface area contributed by atoms with E-state index >= 15 is 0 Å². The zero-order valence-electron chi connectivity index (χ0n) is 23.2. The molecule has 1 aromatic carbocycles. The largest absolute Gasteiger partial charge is 0.481 e. The van der Waals surface area contributed by atoms with E-state index in [1.54, 1.807) is 36.4 Å². The normalized spacial score (nSPS) is 25.2. The summed E-state index contributed by atoms with van der Waals surface area (Å²) in [6.07, 6.45) is 1.37. The van der Waals surface area contributed by atoms with Gasteiger partial charge in [-0.1, -0.05) is 45.0 Å². The maximum Gasteiger partial charge on any atom is 0.387 e. The van der Waals surface area contributed by atoms with Crippen LogP contribution in [0, 0.1) is 11.3 Å². The molecular weight excluding hydrogens is 524 g/mol. The number of methoxy groups -OCH3 is 1. The smallest absolute Gasteiger partial charge is 0.387 e. The number of ether oxygens (including phenoxy) is 3. The van der Waals surface area contributed by atoms with Gasteiger partial charge in [0.2, 0.25) is 5.88 Å². The molecule has 2 aliphatic rings. The molecule has 3 heterocycles. The first-order valence-corrected chi connectivity index (χ1v) is 13.5. The van der Waals surface area contributed by atoms with Gasteiger partial charge >= 0.3 is 12.6 Å². The van der Waals surface area contributed by atoms with E-state index in [4.69, 9.17) is 14.2 Å². The zero-order chi connectivity index (χ0) is 29.0. The van der Waals surface area contributed by atoms with Crippen molar-refractivity contribution in [2.45, 2.75) is 77.4 Å². The van der Waals surface area contributed by atoms with E-state index in [2.05, 4.69) is 10.3 Å². The van der Waals surface area contributed by atoms with Crippen molar-refractivity contribution in [1.82, 2.24) is 15.2 Å². The molecule has 2 aromatic rings. The van der Waals surface area contributed by atoms with Crippen molar-refractivity contribution in [2.75, 3.05) is 13.7 Å². The molecule has 0 bridgehead atoms. The Morgan fingerprint density at radius 3 is 2.55 bits per heavy atom. The Bertz CT molecular complexity index is 1180. The molecule has 1 amide bonds. The van der Waals surface area contributed by atoms with Crippen molar-refractivity contribution in [3.05, 3.63) is 53.7 Å². The van der Waals surface area contributed by atoms with Crippen LogP contribution >= 0.6 is 0 Å². The molecule has 5 atom stereocenters. The minimum absolute atomic E-state index is 0.0182. The average molecular weight is 562 g/mol.